The maximum atomic E-state index is 14.1. The summed E-state index contributed by atoms with van der Waals surface area (Å²) >= 11 is 11.0. The summed E-state index contributed by atoms with van der Waals surface area (Å²) in [6, 6.07) is 6.80. The minimum atomic E-state index is -3.54. The zero-order valence-electron chi connectivity index (χ0n) is 16.1. The third kappa shape index (κ3) is 4.10. The number of Topliss-reactive ketones (excluding diaryl/α,β-unsaturated/α-hetero) is 1. The fourth-order valence-electron chi connectivity index (χ4n) is 3.44. The van der Waals surface area contributed by atoms with Crippen LogP contribution in [0.1, 0.15) is 12.0 Å². The maximum absolute atomic E-state index is 14.1. The van der Waals surface area contributed by atoms with Crippen molar-refractivity contribution in [1.29, 1.82) is 0 Å². The van der Waals surface area contributed by atoms with Gasteiger partial charge in [-0.05, 0) is 6.07 Å². The number of allylic oxidation sites excluding steroid dienone is 1. The largest absolute Gasteiger partial charge is 0.424 e. The minimum absolute atomic E-state index is 0.0311. The van der Waals surface area contributed by atoms with E-state index in [0.717, 1.165) is 6.20 Å². The molecule has 2 N–H and O–H groups in total. The molecular formula is C18H17ClF2NO8PS. The Bertz CT molecular complexity index is 1030. The second-order valence-electron chi connectivity index (χ2n) is 7.27. The van der Waals surface area contributed by atoms with E-state index in [1.54, 1.807) is 24.3 Å². The van der Waals surface area contributed by atoms with Crippen molar-refractivity contribution in [2.75, 3.05) is 6.61 Å². The first-order valence-corrected chi connectivity index (χ1v) is 12.2. The van der Waals surface area contributed by atoms with Crippen molar-refractivity contribution in [2.45, 2.75) is 43.5 Å². The molecule has 0 aromatic heterocycles. The molecule has 4 rings (SSSR count). The van der Waals surface area contributed by atoms with E-state index in [4.69, 9.17) is 41.7 Å². The van der Waals surface area contributed by atoms with Gasteiger partial charge in [0.25, 0.3) is 6.43 Å². The number of carbonyl (C=O) groups is 2. The van der Waals surface area contributed by atoms with Crippen LogP contribution in [-0.2, 0) is 41.8 Å². The molecule has 1 saturated heterocycles. The highest BCUT2D eigenvalue weighted by atomic mass is 35.5. The number of hydrogen-bond donors (Lipinski definition) is 2. The molecular weight excluding hydrogens is 495 g/mol. The molecule has 0 aliphatic carbocycles. The lowest BCUT2D eigenvalue weighted by Crippen LogP contribution is -2.52. The van der Waals surface area contributed by atoms with Crippen molar-refractivity contribution in [3.8, 4) is 5.75 Å². The second-order valence-corrected chi connectivity index (χ2v) is 10.6. The Morgan fingerprint density at radius 2 is 2.06 bits per heavy atom. The monoisotopic (exact) mass is 511 g/mol. The number of para-hydroxylation sites is 1. The number of ether oxygens (including phenoxy) is 1. The van der Waals surface area contributed by atoms with Gasteiger partial charge in [0.2, 0.25) is 5.91 Å². The number of ketones is 1. The Morgan fingerprint density at radius 1 is 1.34 bits per heavy atom. The summed E-state index contributed by atoms with van der Waals surface area (Å²) in [5, 5.41) is 20.5. The van der Waals surface area contributed by atoms with Crippen LogP contribution in [0.15, 0.2) is 35.5 Å². The van der Waals surface area contributed by atoms with Gasteiger partial charge < -0.3 is 19.5 Å². The van der Waals surface area contributed by atoms with Crippen LogP contribution >= 0.6 is 18.3 Å². The van der Waals surface area contributed by atoms with Gasteiger partial charge in [-0.2, -0.15) is 0 Å². The molecule has 14 heteroatoms. The number of aliphatic hydroxyl groups is 2. The van der Waals surface area contributed by atoms with Gasteiger partial charge in [-0.25, -0.2) is 8.78 Å². The van der Waals surface area contributed by atoms with Crippen molar-refractivity contribution >= 4 is 41.8 Å². The normalized spacial score (nSPS) is 35.0. The van der Waals surface area contributed by atoms with E-state index in [1.165, 1.54) is 0 Å². The number of benzene rings is 1. The smallest absolute Gasteiger partial charge is 0.381 e. The zero-order chi connectivity index (χ0) is 23.3. The fourth-order valence-corrected chi connectivity index (χ4v) is 5.42. The summed E-state index contributed by atoms with van der Waals surface area (Å²) in [6.07, 6.45) is -9.02. The molecule has 9 nitrogen and oxygen atoms in total. The summed E-state index contributed by atoms with van der Waals surface area (Å²) < 4.78 is 50.0. The molecule has 0 radical (unpaired) electrons. The molecule has 32 heavy (non-hydrogen) atoms. The Morgan fingerprint density at radius 3 is 2.78 bits per heavy atom. The highest BCUT2D eigenvalue weighted by Gasteiger charge is 2.62. The van der Waals surface area contributed by atoms with Crippen molar-refractivity contribution < 1.29 is 46.9 Å². The summed E-state index contributed by atoms with van der Waals surface area (Å²) in [5.41, 5.74) is -2.07. The standard InChI is InChI=1S/C18H17ClF2NO8PS/c19-10-6-22(13(24)5-11(10)23)16-14(25)15(26)18(29-16,17(20)21)8-28-31(32)27-7-9-3-1-2-4-12(9)30-31/h1-4,6,14-17,25-26H,5,7-8H2/t14-,15-,16-,18-,31?/m1/s1. The molecule has 3 aliphatic rings. The van der Waals surface area contributed by atoms with Crippen molar-refractivity contribution in [3.05, 3.63) is 41.1 Å². The molecule has 5 atom stereocenters. The Labute approximate surface area is 190 Å². The van der Waals surface area contributed by atoms with Gasteiger partial charge in [-0.15, -0.1) is 0 Å². The molecule has 174 valence electrons. The van der Waals surface area contributed by atoms with E-state index in [1.807, 2.05) is 0 Å². The van der Waals surface area contributed by atoms with Crippen molar-refractivity contribution in [1.82, 2.24) is 4.90 Å². The van der Waals surface area contributed by atoms with E-state index >= 15 is 0 Å². The van der Waals surface area contributed by atoms with Gasteiger partial charge in [0, 0.05) is 23.6 Å². The average Bonchev–Trinajstić information content (AvgIpc) is 3.01. The average molecular weight is 512 g/mol. The highest BCUT2D eigenvalue weighted by Crippen LogP contribution is 2.56. The van der Waals surface area contributed by atoms with Crippen molar-refractivity contribution in [3.63, 3.8) is 0 Å². The lowest BCUT2D eigenvalue weighted by atomic mass is 9.96. The first kappa shape index (κ1) is 23.7. The zero-order valence-corrected chi connectivity index (χ0v) is 18.6. The van der Waals surface area contributed by atoms with E-state index in [9.17, 15) is 28.6 Å². The molecule has 3 aliphatic heterocycles. The molecule has 0 bridgehead atoms. The first-order valence-electron chi connectivity index (χ1n) is 9.27. The van der Waals surface area contributed by atoms with Crippen LogP contribution in [0.3, 0.4) is 0 Å². The minimum Gasteiger partial charge on any atom is -0.424 e. The molecule has 1 amide bonds. The SMILES string of the molecule is O=C1CC(=O)N([C@@H]2O[C@@](COP3(=S)OCc4ccccc4O3)(C(F)F)[C@H](O)[C@H]2O)C=C1Cl. The van der Waals surface area contributed by atoms with Crippen LogP contribution in [0.25, 0.3) is 0 Å². The number of amides is 1. The lowest BCUT2D eigenvalue weighted by molar-refractivity contribution is -0.200. The van der Waals surface area contributed by atoms with Crippen LogP contribution in [0.4, 0.5) is 8.78 Å². The van der Waals surface area contributed by atoms with E-state index in [2.05, 4.69) is 0 Å². The topological polar surface area (TPSA) is 115 Å². The molecule has 1 aromatic carbocycles. The molecule has 1 aromatic rings. The van der Waals surface area contributed by atoms with Gasteiger partial charge >= 0.3 is 6.72 Å². The van der Waals surface area contributed by atoms with E-state index in [0.29, 0.717) is 16.2 Å². The second kappa shape index (κ2) is 8.69. The van der Waals surface area contributed by atoms with Crippen LogP contribution < -0.4 is 4.52 Å². The van der Waals surface area contributed by atoms with Gasteiger partial charge in [-0.3, -0.25) is 23.5 Å². The number of fused-ring (bicyclic) bond motifs is 1. The Kier molecular flexibility index (Phi) is 6.43. The highest BCUT2D eigenvalue weighted by molar-refractivity contribution is 8.07. The summed E-state index contributed by atoms with van der Waals surface area (Å²) in [6.45, 7) is -4.51. The molecule has 1 unspecified atom stereocenters. The van der Waals surface area contributed by atoms with Crippen LogP contribution in [-0.4, -0.2) is 63.9 Å². The third-order valence-electron chi connectivity index (χ3n) is 5.23. The number of rotatable bonds is 5. The maximum Gasteiger partial charge on any atom is 0.381 e. The number of halogens is 3. The number of nitrogens with zero attached hydrogens (tertiary/aromatic N) is 1. The Balaban J connectivity index is 1.55. The number of aliphatic hydroxyl groups excluding tert-OH is 2. The van der Waals surface area contributed by atoms with E-state index in [-0.39, 0.29) is 11.6 Å². The summed E-state index contributed by atoms with van der Waals surface area (Å²) in [7, 11) is 0. The molecule has 1 fully saturated rings. The van der Waals surface area contributed by atoms with Crippen LogP contribution in [0, 0.1) is 0 Å². The van der Waals surface area contributed by atoms with E-state index < -0.39 is 61.9 Å². The quantitative estimate of drug-likeness (QED) is 0.451. The predicted molar refractivity (Wildman–Crippen MR) is 108 cm³/mol. The number of carbonyl (C=O) groups excluding carboxylic acids is 2. The molecule has 3 heterocycles. The molecule has 0 saturated carbocycles. The first-order chi connectivity index (χ1) is 15.1. The number of hydrogen-bond acceptors (Lipinski definition) is 9. The van der Waals surface area contributed by atoms with Gasteiger partial charge in [0.15, 0.2) is 17.6 Å². The predicted octanol–water partition coefficient (Wildman–Crippen LogP) is 1.80. The number of alkyl halides is 2. The summed E-state index contributed by atoms with van der Waals surface area (Å²) in [4.78, 5) is 24.5. The Hall–Kier alpha value is -1.50. The van der Waals surface area contributed by atoms with Gasteiger partial charge in [0.05, 0.1) is 19.6 Å². The van der Waals surface area contributed by atoms with Gasteiger partial charge in [0.1, 0.15) is 23.0 Å². The fraction of sp³-hybridized carbons (Fsp3) is 0.444. The summed E-state index contributed by atoms with van der Waals surface area (Å²) in [5.74, 6) is -1.14. The van der Waals surface area contributed by atoms with Gasteiger partial charge in [-0.1, -0.05) is 29.8 Å². The van der Waals surface area contributed by atoms with Crippen molar-refractivity contribution in [2.24, 2.45) is 0 Å². The van der Waals surface area contributed by atoms with Crippen LogP contribution in [0.5, 0.6) is 5.75 Å². The molecule has 0 spiro atoms. The van der Waals surface area contributed by atoms with Crippen LogP contribution in [0.2, 0.25) is 0 Å². The third-order valence-corrected chi connectivity index (χ3v) is 7.70. The lowest BCUT2D eigenvalue weighted by Gasteiger charge is -2.35.